The van der Waals surface area contributed by atoms with Crippen LogP contribution in [0, 0.1) is 0 Å². The highest BCUT2D eigenvalue weighted by Gasteiger charge is 2.56. The third kappa shape index (κ3) is 3.76. The average Bonchev–Trinajstić information content (AvgIpc) is 3.11. The van der Waals surface area contributed by atoms with Gasteiger partial charge in [-0.2, -0.15) is 4.99 Å². The number of carbonyl (C=O) groups excluding carboxylic acids is 4. The number of nitrogens with zero attached hydrogens (tertiary/aromatic N) is 3. The van der Waals surface area contributed by atoms with Crippen LogP contribution < -0.4 is 4.90 Å². The maximum Gasteiger partial charge on any atom is 0.325 e. The standard InChI is InChI=1S/C18H19N3O5S2/c1-10(23)21(12-6-5-7-27-12)13-15(24)20-8-11(19-9-22)14(28-16(13)20)17(25)26-18(2,3)4/h5-8,13-14,16H,1-4H3/t13?,14?,16-/m1/s1. The Labute approximate surface area is 170 Å². The van der Waals surface area contributed by atoms with E-state index in [0.717, 1.165) is 11.8 Å². The molecule has 0 N–H and O–H groups in total. The molecule has 1 fully saturated rings. The third-order valence-electron chi connectivity index (χ3n) is 4.02. The molecule has 2 amide bonds. The number of hydrogen-bond acceptors (Lipinski definition) is 8. The van der Waals surface area contributed by atoms with Crippen LogP contribution in [-0.2, 0) is 23.9 Å². The second-order valence-electron chi connectivity index (χ2n) is 7.23. The molecule has 0 bridgehead atoms. The predicted molar refractivity (Wildman–Crippen MR) is 105 cm³/mol. The molecular weight excluding hydrogens is 402 g/mol. The van der Waals surface area contributed by atoms with Crippen molar-refractivity contribution in [1.29, 1.82) is 0 Å². The minimum absolute atomic E-state index is 0.0998. The van der Waals surface area contributed by atoms with Crippen molar-refractivity contribution in [2.24, 2.45) is 4.99 Å². The number of thiophene rings is 1. The molecule has 3 rings (SSSR count). The lowest BCUT2D eigenvalue weighted by Crippen LogP contribution is -2.70. The summed E-state index contributed by atoms with van der Waals surface area (Å²) in [5.41, 5.74) is -0.620. The van der Waals surface area contributed by atoms with Gasteiger partial charge in [-0.05, 0) is 38.3 Å². The molecule has 0 saturated carbocycles. The van der Waals surface area contributed by atoms with E-state index >= 15 is 0 Å². The topological polar surface area (TPSA) is 96.4 Å². The molecule has 2 aliphatic rings. The Hall–Kier alpha value is -2.42. The van der Waals surface area contributed by atoms with Gasteiger partial charge < -0.3 is 9.64 Å². The van der Waals surface area contributed by atoms with E-state index in [-0.39, 0.29) is 17.5 Å². The van der Waals surface area contributed by atoms with Gasteiger partial charge in [-0.15, -0.1) is 23.1 Å². The Kier molecular flexibility index (Phi) is 5.47. The van der Waals surface area contributed by atoms with Crippen LogP contribution in [0.15, 0.2) is 34.4 Å². The Morgan fingerprint density at radius 2 is 2.07 bits per heavy atom. The highest BCUT2D eigenvalue weighted by Crippen LogP contribution is 2.45. The van der Waals surface area contributed by atoms with Crippen molar-refractivity contribution in [1.82, 2.24) is 4.90 Å². The van der Waals surface area contributed by atoms with Crippen LogP contribution >= 0.6 is 23.1 Å². The van der Waals surface area contributed by atoms with E-state index in [2.05, 4.69) is 4.99 Å². The number of thioether (sulfide) groups is 1. The van der Waals surface area contributed by atoms with E-state index in [9.17, 15) is 19.2 Å². The summed E-state index contributed by atoms with van der Waals surface area (Å²) >= 11 is 2.48. The largest absolute Gasteiger partial charge is 0.459 e. The number of amides is 2. The summed E-state index contributed by atoms with van der Waals surface area (Å²) in [5, 5.41) is 1.09. The summed E-state index contributed by atoms with van der Waals surface area (Å²) in [5.74, 6) is -1.14. The van der Waals surface area contributed by atoms with Crippen molar-refractivity contribution in [3.05, 3.63) is 29.4 Å². The van der Waals surface area contributed by atoms with Crippen LogP contribution in [0.1, 0.15) is 27.7 Å². The summed E-state index contributed by atoms with van der Waals surface area (Å²) in [6, 6.07) is 2.81. The summed E-state index contributed by atoms with van der Waals surface area (Å²) in [4.78, 5) is 54.8. The zero-order valence-electron chi connectivity index (χ0n) is 15.7. The van der Waals surface area contributed by atoms with Gasteiger partial charge in [0.1, 0.15) is 22.3 Å². The number of esters is 1. The van der Waals surface area contributed by atoms with Gasteiger partial charge >= 0.3 is 5.97 Å². The molecule has 2 aliphatic heterocycles. The fourth-order valence-electron chi connectivity index (χ4n) is 2.97. The molecular formula is C18H19N3O5S2. The number of hydrogen-bond donors (Lipinski definition) is 0. The second-order valence-corrected chi connectivity index (χ2v) is 9.38. The van der Waals surface area contributed by atoms with Crippen molar-refractivity contribution in [3.8, 4) is 0 Å². The fourth-order valence-corrected chi connectivity index (χ4v) is 5.15. The molecule has 148 valence electrons. The first-order chi connectivity index (χ1) is 13.1. The second kappa shape index (κ2) is 7.54. The first-order valence-corrected chi connectivity index (χ1v) is 10.3. The number of anilines is 1. The van der Waals surface area contributed by atoms with Crippen molar-refractivity contribution >= 4 is 52.0 Å². The molecule has 3 atom stereocenters. The van der Waals surface area contributed by atoms with Crippen LogP contribution in [-0.4, -0.2) is 51.0 Å². The highest BCUT2D eigenvalue weighted by atomic mass is 32.2. The summed E-state index contributed by atoms with van der Waals surface area (Å²) < 4.78 is 5.43. The predicted octanol–water partition coefficient (Wildman–Crippen LogP) is 2.27. The normalized spacial score (nSPS) is 23.7. The van der Waals surface area contributed by atoms with Crippen LogP contribution in [0.5, 0.6) is 0 Å². The maximum absolute atomic E-state index is 12.7. The summed E-state index contributed by atoms with van der Waals surface area (Å²) in [6.07, 6.45) is 2.79. The number of β-lactam (4-membered cyclic amide) rings is 1. The minimum atomic E-state index is -0.894. The van der Waals surface area contributed by atoms with Gasteiger partial charge in [0.2, 0.25) is 12.0 Å². The number of ether oxygens (including phenoxy) is 1. The third-order valence-corrected chi connectivity index (χ3v) is 6.36. The number of isocyanates is 1. The monoisotopic (exact) mass is 421 g/mol. The molecule has 8 nitrogen and oxygen atoms in total. The quantitative estimate of drug-likeness (QED) is 0.320. The van der Waals surface area contributed by atoms with Crippen LogP contribution in [0.25, 0.3) is 0 Å². The van der Waals surface area contributed by atoms with Crippen molar-refractivity contribution in [2.75, 3.05) is 4.90 Å². The molecule has 1 aromatic heterocycles. The van der Waals surface area contributed by atoms with Crippen LogP contribution in [0.4, 0.5) is 5.00 Å². The molecule has 2 unspecified atom stereocenters. The van der Waals surface area contributed by atoms with Gasteiger partial charge in [-0.3, -0.25) is 19.3 Å². The van der Waals surface area contributed by atoms with Gasteiger partial charge in [0.15, 0.2) is 0 Å². The Bertz CT molecular complexity index is 884. The molecule has 1 aromatic rings. The van der Waals surface area contributed by atoms with E-state index in [1.807, 2.05) is 5.38 Å². The van der Waals surface area contributed by atoms with Gasteiger partial charge in [-0.25, -0.2) is 4.79 Å². The van der Waals surface area contributed by atoms with Crippen LogP contribution in [0.3, 0.4) is 0 Å². The highest BCUT2D eigenvalue weighted by molar-refractivity contribution is 8.01. The van der Waals surface area contributed by atoms with Crippen molar-refractivity contribution < 1.29 is 23.9 Å². The number of carbonyl (C=O) groups is 3. The smallest absolute Gasteiger partial charge is 0.325 e. The molecule has 28 heavy (non-hydrogen) atoms. The molecule has 10 heteroatoms. The van der Waals surface area contributed by atoms with Crippen molar-refractivity contribution in [2.45, 2.75) is 50.0 Å². The molecule has 0 aromatic carbocycles. The van der Waals surface area contributed by atoms with E-state index < -0.39 is 28.2 Å². The number of aliphatic imine (C=N–C) groups is 1. The average molecular weight is 422 g/mol. The van der Waals surface area contributed by atoms with E-state index in [1.165, 1.54) is 40.3 Å². The lowest BCUT2D eigenvalue weighted by molar-refractivity contribution is -0.154. The fraction of sp³-hybridized carbons (Fsp3) is 0.444. The molecule has 3 heterocycles. The molecule has 0 spiro atoms. The lowest BCUT2D eigenvalue weighted by atomic mass is 10.0. The van der Waals surface area contributed by atoms with Gasteiger partial charge in [0.25, 0.3) is 5.91 Å². The minimum Gasteiger partial charge on any atom is -0.459 e. The SMILES string of the molecule is CC(=O)N(c1cccs1)C1C(=O)N2C=C(N=C=O)C(C(=O)OC(C)(C)C)S[C@H]12. The Morgan fingerprint density at radius 1 is 1.36 bits per heavy atom. The number of fused-ring (bicyclic) bond motifs is 1. The summed E-state index contributed by atoms with van der Waals surface area (Å²) in [6.45, 7) is 6.61. The Morgan fingerprint density at radius 3 is 2.61 bits per heavy atom. The van der Waals surface area contributed by atoms with E-state index in [4.69, 9.17) is 4.74 Å². The lowest BCUT2D eigenvalue weighted by Gasteiger charge is -2.51. The molecule has 1 saturated heterocycles. The van der Waals surface area contributed by atoms with Gasteiger partial charge in [0, 0.05) is 13.1 Å². The Balaban J connectivity index is 1.92. The molecule has 0 radical (unpaired) electrons. The van der Waals surface area contributed by atoms with E-state index in [0.29, 0.717) is 5.00 Å². The van der Waals surface area contributed by atoms with Gasteiger partial charge in [-0.1, -0.05) is 0 Å². The zero-order chi connectivity index (χ0) is 20.6. The van der Waals surface area contributed by atoms with Crippen molar-refractivity contribution in [3.63, 3.8) is 0 Å². The number of rotatable bonds is 4. The van der Waals surface area contributed by atoms with Gasteiger partial charge in [0.05, 0.1) is 10.7 Å². The summed E-state index contributed by atoms with van der Waals surface area (Å²) in [7, 11) is 0. The first-order valence-electron chi connectivity index (χ1n) is 8.47. The van der Waals surface area contributed by atoms with E-state index in [1.54, 1.807) is 32.9 Å². The zero-order valence-corrected chi connectivity index (χ0v) is 17.4. The molecule has 0 aliphatic carbocycles. The van der Waals surface area contributed by atoms with Crippen LogP contribution in [0.2, 0.25) is 0 Å². The maximum atomic E-state index is 12.7. The first kappa shape index (κ1) is 20.3.